The first kappa shape index (κ1) is 11.4. The molecule has 0 aromatic carbocycles. The molecule has 12 heavy (non-hydrogen) atoms. The molecule has 0 rings (SSSR count). The molecule has 0 aromatic heterocycles. The summed E-state index contributed by atoms with van der Waals surface area (Å²) >= 11 is 0. The van der Waals surface area contributed by atoms with Gasteiger partial charge in [-0.15, -0.1) is 0 Å². The van der Waals surface area contributed by atoms with E-state index in [1.807, 2.05) is 13.8 Å². The highest BCUT2D eigenvalue weighted by Crippen LogP contribution is 1.99. The number of likely N-dealkylation sites (N-methyl/N-ethyl adjacent to an activating group) is 1. The van der Waals surface area contributed by atoms with Gasteiger partial charge in [0.2, 0.25) is 5.91 Å². The topological polar surface area (TPSA) is 41.1 Å². The van der Waals surface area contributed by atoms with Crippen molar-refractivity contribution in [3.8, 4) is 0 Å². The first-order valence-electron chi connectivity index (χ1n) is 4.51. The molecule has 0 radical (unpaired) electrons. The third-order valence-electron chi connectivity index (χ3n) is 2.01. The van der Waals surface area contributed by atoms with Gasteiger partial charge in [0.25, 0.3) is 0 Å². The van der Waals surface area contributed by atoms with Crippen molar-refractivity contribution in [1.82, 2.24) is 10.6 Å². The Balaban J connectivity index is 3.72. The fraction of sp³-hybridized carbons (Fsp3) is 0.889. The summed E-state index contributed by atoms with van der Waals surface area (Å²) in [5.74, 6) is 0.0680. The Morgan fingerprint density at radius 3 is 2.42 bits per heavy atom. The molecule has 0 saturated heterocycles. The number of carbonyl (C=O) groups is 1. The van der Waals surface area contributed by atoms with E-state index in [4.69, 9.17) is 0 Å². The molecule has 0 saturated carbocycles. The summed E-state index contributed by atoms with van der Waals surface area (Å²) in [6.07, 6.45) is 2.16. The number of hydrogen-bond donors (Lipinski definition) is 2. The largest absolute Gasteiger partial charge is 0.355 e. The van der Waals surface area contributed by atoms with Crippen LogP contribution in [0.4, 0.5) is 0 Å². The Labute approximate surface area is 74.9 Å². The van der Waals surface area contributed by atoms with E-state index in [0.29, 0.717) is 0 Å². The molecule has 0 bridgehead atoms. The van der Waals surface area contributed by atoms with Gasteiger partial charge in [0, 0.05) is 6.54 Å². The van der Waals surface area contributed by atoms with E-state index in [0.717, 1.165) is 19.4 Å². The van der Waals surface area contributed by atoms with Crippen LogP contribution >= 0.6 is 0 Å². The van der Waals surface area contributed by atoms with Crippen molar-refractivity contribution >= 4 is 5.91 Å². The average molecular weight is 172 g/mol. The number of unbranched alkanes of at least 4 members (excludes halogenated alkanes) is 1. The molecular weight excluding hydrogens is 152 g/mol. The standard InChI is InChI=1S/C9H20N2O/c1-5-6-7-11-8(12)9(2,3)10-4/h10H,5-7H2,1-4H3,(H,11,12). The van der Waals surface area contributed by atoms with Crippen LogP contribution in [0.2, 0.25) is 0 Å². The molecule has 0 aliphatic rings. The van der Waals surface area contributed by atoms with E-state index < -0.39 is 5.54 Å². The van der Waals surface area contributed by atoms with Crippen LogP contribution in [0, 0.1) is 0 Å². The molecule has 72 valence electrons. The van der Waals surface area contributed by atoms with Crippen LogP contribution < -0.4 is 10.6 Å². The minimum absolute atomic E-state index is 0.0680. The molecule has 3 heteroatoms. The zero-order chi connectivity index (χ0) is 9.61. The van der Waals surface area contributed by atoms with Crippen molar-refractivity contribution in [1.29, 1.82) is 0 Å². The predicted molar refractivity (Wildman–Crippen MR) is 51.1 cm³/mol. The van der Waals surface area contributed by atoms with Gasteiger partial charge in [-0.05, 0) is 27.3 Å². The average Bonchev–Trinajstić information content (AvgIpc) is 2.05. The second-order valence-corrected chi connectivity index (χ2v) is 3.48. The Morgan fingerprint density at radius 2 is 2.00 bits per heavy atom. The lowest BCUT2D eigenvalue weighted by atomic mass is 10.1. The Hall–Kier alpha value is -0.570. The van der Waals surface area contributed by atoms with Gasteiger partial charge in [-0.25, -0.2) is 0 Å². The molecular formula is C9H20N2O. The lowest BCUT2D eigenvalue weighted by molar-refractivity contribution is -0.126. The summed E-state index contributed by atoms with van der Waals surface area (Å²) in [5.41, 5.74) is -0.451. The maximum atomic E-state index is 11.4. The van der Waals surface area contributed by atoms with Crippen LogP contribution in [0.3, 0.4) is 0 Å². The van der Waals surface area contributed by atoms with Crippen LogP contribution in [0.1, 0.15) is 33.6 Å². The Morgan fingerprint density at radius 1 is 1.42 bits per heavy atom. The molecule has 0 fully saturated rings. The molecule has 0 aromatic rings. The van der Waals surface area contributed by atoms with Crippen molar-refractivity contribution < 1.29 is 4.79 Å². The van der Waals surface area contributed by atoms with Gasteiger partial charge in [0.15, 0.2) is 0 Å². The molecule has 0 heterocycles. The number of rotatable bonds is 5. The maximum absolute atomic E-state index is 11.4. The molecule has 3 nitrogen and oxygen atoms in total. The van der Waals surface area contributed by atoms with Gasteiger partial charge in [-0.3, -0.25) is 4.79 Å². The predicted octanol–water partition coefficient (Wildman–Crippen LogP) is 0.901. The zero-order valence-corrected chi connectivity index (χ0v) is 8.53. The molecule has 0 aliphatic carbocycles. The van der Waals surface area contributed by atoms with Crippen molar-refractivity contribution in [2.75, 3.05) is 13.6 Å². The van der Waals surface area contributed by atoms with Gasteiger partial charge in [0.1, 0.15) is 0 Å². The second-order valence-electron chi connectivity index (χ2n) is 3.48. The van der Waals surface area contributed by atoms with Gasteiger partial charge < -0.3 is 10.6 Å². The second kappa shape index (κ2) is 5.14. The van der Waals surface area contributed by atoms with E-state index in [2.05, 4.69) is 17.6 Å². The maximum Gasteiger partial charge on any atom is 0.239 e. The summed E-state index contributed by atoms with van der Waals surface area (Å²) in [7, 11) is 1.79. The molecule has 0 atom stereocenters. The number of nitrogens with one attached hydrogen (secondary N) is 2. The highest BCUT2D eigenvalue weighted by molar-refractivity contribution is 5.85. The van der Waals surface area contributed by atoms with Crippen LogP contribution in [-0.2, 0) is 4.79 Å². The van der Waals surface area contributed by atoms with Crippen LogP contribution in [0.5, 0.6) is 0 Å². The number of hydrogen-bond acceptors (Lipinski definition) is 2. The fourth-order valence-electron chi connectivity index (χ4n) is 0.713. The van der Waals surface area contributed by atoms with Gasteiger partial charge in [-0.1, -0.05) is 13.3 Å². The summed E-state index contributed by atoms with van der Waals surface area (Å²) in [5, 5.41) is 5.83. The van der Waals surface area contributed by atoms with Crippen molar-refractivity contribution in [3.05, 3.63) is 0 Å². The van der Waals surface area contributed by atoms with E-state index in [9.17, 15) is 4.79 Å². The molecule has 0 unspecified atom stereocenters. The summed E-state index contributed by atoms with van der Waals surface area (Å²) in [4.78, 5) is 11.4. The quantitative estimate of drug-likeness (QED) is 0.605. The first-order valence-corrected chi connectivity index (χ1v) is 4.51. The van der Waals surface area contributed by atoms with E-state index in [-0.39, 0.29) is 5.91 Å². The minimum atomic E-state index is -0.451. The number of carbonyl (C=O) groups excluding carboxylic acids is 1. The van der Waals surface area contributed by atoms with Crippen LogP contribution in [-0.4, -0.2) is 25.0 Å². The minimum Gasteiger partial charge on any atom is -0.355 e. The Kier molecular flexibility index (Phi) is 4.90. The van der Waals surface area contributed by atoms with Crippen LogP contribution in [0.25, 0.3) is 0 Å². The summed E-state index contributed by atoms with van der Waals surface area (Å²) < 4.78 is 0. The van der Waals surface area contributed by atoms with Crippen molar-refractivity contribution in [2.24, 2.45) is 0 Å². The monoisotopic (exact) mass is 172 g/mol. The molecule has 2 N–H and O–H groups in total. The van der Waals surface area contributed by atoms with E-state index in [1.165, 1.54) is 0 Å². The number of amides is 1. The summed E-state index contributed by atoms with van der Waals surface area (Å²) in [6.45, 7) is 6.62. The zero-order valence-electron chi connectivity index (χ0n) is 8.53. The fourth-order valence-corrected chi connectivity index (χ4v) is 0.713. The van der Waals surface area contributed by atoms with Gasteiger partial charge in [-0.2, -0.15) is 0 Å². The molecule has 0 spiro atoms. The van der Waals surface area contributed by atoms with Crippen molar-refractivity contribution in [2.45, 2.75) is 39.2 Å². The van der Waals surface area contributed by atoms with Crippen molar-refractivity contribution in [3.63, 3.8) is 0 Å². The lowest BCUT2D eigenvalue weighted by Gasteiger charge is -2.22. The van der Waals surface area contributed by atoms with E-state index >= 15 is 0 Å². The third kappa shape index (κ3) is 3.72. The van der Waals surface area contributed by atoms with Gasteiger partial charge in [0.05, 0.1) is 5.54 Å². The normalized spacial score (nSPS) is 11.3. The lowest BCUT2D eigenvalue weighted by Crippen LogP contribution is -2.51. The van der Waals surface area contributed by atoms with E-state index in [1.54, 1.807) is 7.05 Å². The first-order chi connectivity index (χ1) is 5.54. The highest BCUT2D eigenvalue weighted by Gasteiger charge is 2.23. The van der Waals surface area contributed by atoms with Crippen LogP contribution in [0.15, 0.2) is 0 Å². The molecule has 1 amide bonds. The van der Waals surface area contributed by atoms with Gasteiger partial charge >= 0.3 is 0 Å². The third-order valence-corrected chi connectivity index (χ3v) is 2.01. The highest BCUT2D eigenvalue weighted by atomic mass is 16.2. The molecule has 0 aliphatic heterocycles. The SMILES string of the molecule is CCCCNC(=O)C(C)(C)NC. The summed E-state index contributed by atoms with van der Waals surface area (Å²) in [6, 6.07) is 0. The smallest absolute Gasteiger partial charge is 0.239 e. The Bertz CT molecular complexity index is 143.